The molecular weight excluding hydrogens is 394 g/mol. The molecule has 0 aliphatic heterocycles. The molecule has 1 heterocycles. The summed E-state index contributed by atoms with van der Waals surface area (Å²) in [7, 11) is 1.54. The molecule has 7 nitrogen and oxygen atoms in total. The van der Waals surface area contributed by atoms with E-state index in [1.807, 2.05) is 6.07 Å². The lowest BCUT2D eigenvalue weighted by molar-refractivity contribution is -0.133. The van der Waals surface area contributed by atoms with E-state index >= 15 is 0 Å². The minimum Gasteiger partial charge on any atom is -0.493 e. The smallest absolute Gasteiger partial charge is 0.261 e. The van der Waals surface area contributed by atoms with Gasteiger partial charge in [0.1, 0.15) is 6.54 Å². The van der Waals surface area contributed by atoms with Gasteiger partial charge < -0.3 is 18.9 Å². The van der Waals surface area contributed by atoms with Crippen LogP contribution >= 0.6 is 11.6 Å². The highest BCUT2D eigenvalue weighted by Crippen LogP contribution is 2.25. The molecule has 0 unspecified atom stereocenters. The second-order valence-electron chi connectivity index (χ2n) is 6.02. The summed E-state index contributed by atoms with van der Waals surface area (Å²) < 4.78 is 16.1. The van der Waals surface area contributed by atoms with Crippen molar-refractivity contribution in [2.45, 2.75) is 6.54 Å². The van der Waals surface area contributed by atoms with E-state index < -0.39 is 0 Å². The third kappa shape index (κ3) is 5.36. The first-order valence-electron chi connectivity index (χ1n) is 8.83. The SMILES string of the molecule is C=CCN(Cc1nc(-c2ccc(Cl)cc2)no1)C(=O)COc1ccccc1OC. The number of ether oxygens (including phenoxy) is 2. The van der Waals surface area contributed by atoms with E-state index in [2.05, 4.69) is 16.7 Å². The minimum atomic E-state index is -0.248. The molecule has 150 valence electrons. The van der Waals surface area contributed by atoms with E-state index in [0.717, 1.165) is 5.56 Å². The fraction of sp³-hybridized carbons (Fsp3) is 0.190. The van der Waals surface area contributed by atoms with Crippen molar-refractivity contribution in [1.29, 1.82) is 0 Å². The Morgan fingerprint density at radius 2 is 1.93 bits per heavy atom. The number of hydrogen-bond acceptors (Lipinski definition) is 6. The Morgan fingerprint density at radius 3 is 2.62 bits per heavy atom. The van der Waals surface area contributed by atoms with Crippen molar-refractivity contribution < 1.29 is 18.8 Å². The van der Waals surface area contributed by atoms with Crippen molar-refractivity contribution >= 4 is 17.5 Å². The van der Waals surface area contributed by atoms with Gasteiger partial charge in [-0.3, -0.25) is 4.79 Å². The Labute approximate surface area is 173 Å². The molecule has 3 rings (SSSR count). The second-order valence-corrected chi connectivity index (χ2v) is 6.46. The topological polar surface area (TPSA) is 77.7 Å². The van der Waals surface area contributed by atoms with Crippen molar-refractivity contribution in [3.63, 3.8) is 0 Å². The summed E-state index contributed by atoms with van der Waals surface area (Å²) in [6, 6.07) is 14.2. The van der Waals surface area contributed by atoms with Gasteiger partial charge in [-0.1, -0.05) is 35.0 Å². The molecule has 0 radical (unpaired) electrons. The maximum atomic E-state index is 12.6. The molecule has 0 saturated heterocycles. The molecule has 29 heavy (non-hydrogen) atoms. The van der Waals surface area contributed by atoms with Crippen LogP contribution in [-0.2, 0) is 11.3 Å². The van der Waals surface area contributed by atoms with Gasteiger partial charge in [0.2, 0.25) is 11.7 Å². The molecule has 3 aromatic rings. The number of benzene rings is 2. The van der Waals surface area contributed by atoms with Crippen LogP contribution in [-0.4, -0.2) is 41.2 Å². The highest BCUT2D eigenvalue weighted by atomic mass is 35.5. The normalized spacial score (nSPS) is 10.4. The van der Waals surface area contributed by atoms with E-state index in [0.29, 0.717) is 34.8 Å². The number of carbonyl (C=O) groups is 1. The first kappa shape index (κ1) is 20.4. The minimum absolute atomic E-state index is 0.140. The molecule has 1 amide bonds. The number of amides is 1. The molecule has 2 aromatic carbocycles. The third-order valence-corrected chi connectivity index (χ3v) is 4.27. The number of aromatic nitrogens is 2. The number of carbonyl (C=O) groups excluding carboxylic acids is 1. The fourth-order valence-corrected chi connectivity index (χ4v) is 2.70. The molecule has 0 fully saturated rings. The summed E-state index contributed by atoms with van der Waals surface area (Å²) in [5, 5.41) is 4.58. The van der Waals surface area contributed by atoms with E-state index in [1.165, 1.54) is 4.90 Å². The van der Waals surface area contributed by atoms with Gasteiger partial charge in [0, 0.05) is 17.1 Å². The summed E-state index contributed by atoms with van der Waals surface area (Å²) >= 11 is 5.90. The zero-order valence-electron chi connectivity index (χ0n) is 15.9. The maximum absolute atomic E-state index is 12.6. The standard InChI is InChI=1S/C21H20ClN3O4/c1-3-12-25(20(26)14-28-18-7-5-4-6-17(18)27-2)13-19-23-21(24-29-19)15-8-10-16(22)11-9-15/h3-11H,1,12-14H2,2H3. The number of para-hydroxylation sites is 2. The van der Waals surface area contributed by atoms with Crippen LogP contribution in [0.4, 0.5) is 0 Å². The molecule has 8 heteroatoms. The van der Waals surface area contributed by atoms with Gasteiger partial charge in [0.15, 0.2) is 18.1 Å². The molecule has 0 spiro atoms. The first-order chi connectivity index (χ1) is 14.1. The monoisotopic (exact) mass is 413 g/mol. The highest BCUT2D eigenvalue weighted by molar-refractivity contribution is 6.30. The number of nitrogens with zero attached hydrogens (tertiary/aromatic N) is 3. The van der Waals surface area contributed by atoms with E-state index in [-0.39, 0.29) is 19.1 Å². The van der Waals surface area contributed by atoms with E-state index in [1.54, 1.807) is 55.7 Å². The lowest BCUT2D eigenvalue weighted by atomic mass is 10.2. The largest absolute Gasteiger partial charge is 0.493 e. The fourth-order valence-electron chi connectivity index (χ4n) is 2.58. The molecule has 0 aliphatic rings. The van der Waals surface area contributed by atoms with Gasteiger partial charge in [-0.15, -0.1) is 6.58 Å². The van der Waals surface area contributed by atoms with Crippen LogP contribution in [0.5, 0.6) is 11.5 Å². The van der Waals surface area contributed by atoms with Gasteiger partial charge >= 0.3 is 0 Å². The zero-order valence-corrected chi connectivity index (χ0v) is 16.6. The van der Waals surface area contributed by atoms with Crippen LogP contribution in [0.25, 0.3) is 11.4 Å². The van der Waals surface area contributed by atoms with Crippen LogP contribution < -0.4 is 9.47 Å². The molecule has 0 N–H and O–H groups in total. The molecule has 0 saturated carbocycles. The average molecular weight is 414 g/mol. The van der Waals surface area contributed by atoms with Crippen molar-refractivity contribution in [2.75, 3.05) is 20.3 Å². The van der Waals surface area contributed by atoms with Gasteiger partial charge in [-0.05, 0) is 36.4 Å². The van der Waals surface area contributed by atoms with Crippen LogP contribution in [0.15, 0.2) is 65.7 Å². The zero-order chi connectivity index (χ0) is 20.6. The number of halogens is 1. The number of hydrogen-bond donors (Lipinski definition) is 0. The molecule has 0 atom stereocenters. The quantitative estimate of drug-likeness (QED) is 0.493. The summed E-state index contributed by atoms with van der Waals surface area (Å²) in [5.41, 5.74) is 0.769. The molecule has 0 aliphatic carbocycles. The summed E-state index contributed by atoms with van der Waals surface area (Å²) in [6.45, 7) is 3.99. The Hall–Kier alpha value is -3.32. The van der Waals surface area contributed by atoms with Crippen molar-refractivity contribution in [2.24, 2.45) is 0 Å². The summed E-state index contributed by atoms with van der Waals surface area (Å²) in [5.74, 6) is 1.53. The number of rotatable bonds is 9. The Balaban J connectivity index is 1.65. The highest BCUT2D eigenvalue weighted by Gasteiger charge is 2.18. The van der Waals surface area contributed by atoms with Gasteiger partial charge in [0.05, 0.1) is 7.11 Å². The van der Waals surface area contributed by atoms with Gasteiger partial charge in [-0.2, -0.15) is 4.98 Å². The van der Waals surface area contributed by atoms with Crippen LogP contribution in [0, 0.1) is 0 Å². The summed E-state index contributed by atoms with van der Waals surface area (Å²) in [6.07, 6.45) is 1.62. The first-order valence-corrected chi connectivity index (χ1v) is 9.21. The predicted octanol–water partition coefficient (Wildman–Crippen LogP) is 3.99. The average Bonchev–Trinajstić information content (AvgIpc) is 3.21. The van der Waals surface area contributed by atoms with Gasteiger partial charge in [0.25, 0.3) is 5.91 Å². The van der Waals surface area contributed by atoms with Crippen molar-refractivity contribution in [3.8, 4) is 22.9 Å². The summed E-state index contributed by atoms with van der Waals surface area (Å²) in [4.78, 5) is 18.5. The Kier molecular flexibility index (Phi) is 6.86. The second kappa shape index (κ2) is 9.75. The Bertz CT molecular complexity index is 972. The molecular formula is C21H20ClN3O4. The van der Waals surface area contributed by atoms with Crippen molar-refractivity contribution in [1.82, 2.24) is 15.0 Å². The number of methoxy groups -OCH3 is 1. The lowest BCUT2D eigenvalue weighted by Crippen LogP contribution is -2.34. The third-order valence-electron chi connectivity index (χ3n) is 4.02. The Morgan fingerprint density at radius 1 is 1.21 bits per heavy atom. The van der Waals surface area contributed by atoms with Crippen LogP contribution in [0.3, 0.4) is 0 Å². The van der Waals surface area contributed by atoms with Gasteiger partial charge in [-0.25, -0.2) is 0 Å². The predicted molar refractivity (Wildman–Crippen MR) is 109 cm³/mol. The van der Waals surface area contributed by atoms with Crippen LogP contribution in [0.2, 0.25) is 5.02 Å². The van der Waals surface area contributed by atoms with E-state index in [9.17, 15) is 4.79 Å². The maximum Gasteiger partial charge on any atom is 0.261 e. The molecule has 1 aromatic heterocycles. The van der Waals surface area contributed by atoms with Crippen LogP contribution in [0.1, 0.15) is 5.89 Å². The lowest BCUT2D eigenvalue weighted by Gasteiger charge is -2.19. The molecule has 0 bridgehead atoms. The van der Waals surface area contributed by atoms with E-state index in [4.69, 9.17) is 25.6 Å². The van der Waals surface area contributed by atoms with Crippen molar-refractivity contribution in [3.05, 3.63) is 72.1 Å².